The second-order valence-corrected chi connectivity index (χ2v) is 5.05. The molecule has 0 fully saturated rings. The van der Waals surface area contributed by atoms with Crippen LogP contribution in [0.15, 0.2) is 42.5 Å². The van der Waals surface area contributed by atoms with Crippen molar-refractivity contribution in [2.45, 2.75) is 13.0 Å². The molecular formula is C18H19FO5. The molecule has 2 rings (SSSR count). The molecule has 0 spiro atoms. The van der Waals surface area contributed by atoms with Crippen molar-refractivity contribution in [1.82, 2.24) is 0 Å². The van der Waals surface area contributed by atoms with Crippen LogP contribution in [0.25, 0.3) is 0 Å². The number of esters is 1. The van der Waals surface area contributed by atoms with Gasteiger partial charge in [-0.2, -0.15) is 0 Å². The minimum absolute atomic E-state index is 0.105. The van der Waals surface area contributed by atoms with E-state index < -0.39 is 12.1 Å². The normalized spacial score (nSPS) is 11.5. The van der Waals surface area contributed by atoms with Crippen LogP contribution in [0.1, 0.15) is 17.3 Å². The molecule has 0 amide bonds. The summed E-state index contributed by atoms with van der Waals surface area (Å²) in [6.45, 7) is 1.79. The summed E-state index contributed by atoms with van der Waals surface area (Å²) in [6, 6.07) is 10.6. The van der Waals surface area contributed by atoms with Gasteiger partial charge in [0.05, 0.1) is 14.2 Å². The summed E-state index contributed by atoms with van der Waals surface area (Å²) in [5.41, 5.74) is 0.288. The monoisotopic (exact) mass is 334 g/mol. The summed E-state index contributed by atoms with van der Waals surface area (Å²) in [7, 11) is 2.99. The second kappa shape index (κ2) is 8.19. The van der Waals surface area contributed by atoms with Crippen LogP contribution in [0.2, 0.25) is 0 Å². The minimum atomic E-state index is -0.537. The van der Waals surface area contributed by atoms with E-state index in [4.69, 9.17) is 18.9 Å². The Bertz CT molecular complexity index is 702. The van der Waals surface area contributed by atoms with Gasteiger partial charge in [-0.25, -0.2) is 9.18 Å². The van der Waals surface area contributed by atoms with Crippen molar-refractivity contribution in [2.75, 3.05) is 20.8 Å². The Kier molecular flexibility index (Phi) is 6.01. The Balaban J connectivity index is 1.96. The van der Waals surface area contributed by atoms with Crippen molar-refractivity contribution in [3.05, 3.63) is 53.8 Å². The minimum Gasteiger partial charge on any atom is -0.497 e. The average Bonchev–Trinajstić information content (AvgIpc) is 2.59. The number of carbonyl (C=O) groups is 1. The van der Waals surface area contributed by atoms with Crippen LogP contribution in [0.5, 0.6) is 17.2 Å². The first-order valence-electron chi connectivity index (χ1n) is 7.35. The molecule has 2 aromatic carbocycles. The molecule has 6 heteroatoms. The molecule has 0 N–H and O–H groups in total. The molecule has 1 atom stereocenters. The molecular weight excluding hydrogens is 315 g/mol. The van der Waals surface area contributed by atoms with Crippen molar-refractivity contribution in [3.8, 4) is 17.2 Å². The van der Waals surface area contributed by atoms with Gasteiger partial charge < -0.3 is 18.9 Å². The van der Waals surface area contributed by atoms with E-state index in [0.29, 0.717) is 17.2 Å². The zero-order valence-electron chi connectivity index (χ0n) is 13.7. The number of benzene rings is 2. The lowest BCUT2D eigenvalue weighted by molar-refractivity contribution is 0.0225. The Morgan fingerprint density at radius 3 is 2.54 bits per heavy atom. The first-order valence-corrected chi connectivity index (χ1v) is 7.35. The molecule has 0 aliphatic heterocycles. The molecule has 0 aliphatic carbocycles. The third-order valence-corrected chi connectivity index (χ3v) is 3.22. The van der Waals surface area contributed by atoms with Gasteiger partial charge in [-0.1, -0.05) is 6.07 Å². The maximum Gasteiger partial charge on any atom is 0.342 e. The van der Waals surface area contributed by atoms with Crippen molar-refractivity contribution in [3.63, 3.8) is 0 Å². The lowest BCUT2D eigenvalue weighted by atomic mass is 10.2. The highest BCUT2D eigenvalue weighted by Crippen LogP contribution is 2.25. The van der Waals surface area contributed by atoms with Gasteiger partial charge in [-0.15, -0.1) is 0 Å². The Morgan fingerprint density at radius 2 is 1.88 bits per heavy atom. The molecule has 2 aromatic rings. The van der Waals surface area contributed by atoms with Crippen LogP contribution in [0, 0.1) is 5.82 Å². The average molecular weight is 334 g/mol. The van der Waals surface area contributed by atoms with Gasteiger partial charge in [0.15, 0.2) is 0 Å². The smallest absolute Gasteiger partial charge is 0.342 e. The van der Waals surface area contributed by atoms with Gasteiger partial charge in [0, 0.05) is 12.1 Å². The molecule has 0 saturated carbocycles. The molecule has 1 unspecified atom stereocenters. The van der Waals surface area contributed by atoms with E-state index in [1.54, 1.807) is 37.3 Å². The third-order valence-electron chi connectivity index (χ3n) is 3.22. The van der Waals surface area contributed by atoms with E-state index in [-0.39, 0.29) is 18.0 Å². The molecule has 0 bridgehead atoms. The van der Waals surface area contributed by atoms with Gasteiger partial charge in [0.1, 0.15) is 41.3 Å². The highest BCUT2D eigenvalue weighted by atomic mass is 19.1. The van der Waals surface area contributed by atoms with Crippen LogP contribution in [0.3, 0.4) is 0 Å². The molecule has 5 nitrogen and oxygen atoms in total. The Hall–Kier alpha value is -2.76. The van der Waals surface area contributed by atoms with E-state index in [1.807, 2.05) is 0 Å². The molecule has 0 radical (unpaired) electrons. The largest absolute Gasteiger partial charge is 0.497 e. The first kappa shape index (κ1) is 17.6. The maximum absolute atomic E-state index is 13.1. The Morgan fingerprint density at radius 1 is 1.08 bits per heavy atom. The molecule has 0 heterocycles. The number of ether oxygens (including phenoxy) is 4. The summed E-state index contributed by atoms with van der Waals surface area (Å²) in [5, 5.41) is 0. The van der Waals surface area contributed by atoms with Gasteiger partial charge in [-0.3, -0.25) is 0 Å². The molecule has 128 valence electrons. The quantitative estimate of drug-likeness (QED) is 0.726. The molecule has 24 heavy (non-hydrogen) atoms. The standard InChI is InChI=1S/C18H19FO5/c1-12(11-23-15-6-4-5-13(19)9-15)24-18(20)16-8-7-14(21-2)10-17(16)22-3/h4-10,12H,11H2,1-3H3. The molecule has 0 saturated heterocycles. The predicted octanol–water partition coefficient (Wildman–Crippen LogP) is 3.47. The van der Waals surface area contributed by atoms with Crippen LogP contribution in [0.4, 0.5) is 4.39 Å². The first-order chi connectivity index (χ1) is 11.5. The van der Waals surface area contributed by atoms with Gasteiger partial charge >= 0.3 is 5.97 Å². The van der Waals surface area contributed by atoms with E-state index in [9.17, 15) is 9.18 Å². The van der Waals surface area contributed by atoms with Crippen LogP contribution >= 0.6 is 0 Å². The van der Waals surface area contributed by atoms with Crippen molar-refractivity contribution >= 4 is 5.97 Å². The zero-order valence-corrected chi connectivity index (χ0v) is 13.7. The van der Waals surface area contributed by atoms with Crippen LogP contribution < -0.4 is 14.2 Å². The predicted molar refractivity (Wildman–Crippen MR) is 86.3 cm³/mol. The molecule has 0 aliphatic rings. The van der Waals surface area contributed by atoms with Gasteiger partial charge in [0.25, 0.3) is 0 Å². The van der Waals surface area contributed by atoms with E-state index in [2.05, 4.69) is 0 Å². The Labute approximate surface area is 139 Å². The highest BCUT2D eigenvalue weighted by Gasteiger charge is 2.18. The highest BCUT2D eigenvalue weighted by molar-refractivity contribution is 5.92. The lowest BCUT2D eigenvalue weighted by Crippen LogP contribution is -2.22. The van der Waals surface area contributed by atoms with Crippen LogP contribution in [-0.4, -0.2) is 32.9 Å². The molecule has 0 aromatic heterocycles. The number of hydrogen-bond donors (Lipinski definition) is 0. The number of hydrogen-bond acceptors (Lipinski definition) is 5. The fraction of sp³-hybridized carbons (Fsp3) is 0.278. The second-order valence-electron chi connectivity index (χ2n) is 5.05. The fourth-order valence-corrected chi connectivity index (χ4v) is 2.02. The van der Waals surface area contributed by atoms with E-state index in [1.165, 1.54) is 26.4 Å². The summed E-state index contributed by atoms with van der Waals surface area (Å²) >= 11 is 0. The fourth-order valence-electron chi connectivity index (χ4n) is 2.02. The van der Waals surface area contributed by atoms with Gasteiger partial charge in [0.2, 0.25) is 0 Å². The van der Waals surface area contributed by atoms with Crippen molar-refractivity contribution < 1.29 is 28.1 Å². The number of halogens is 1. The summed E-state index contributed by atoms with van der Waals surface area (Å²) < 4.78 is 34.1. The van der Waals surface area contributed by atoms with E-state index >= 15 is 0 Å². The SMILES string of the molecule is COc1ccc(C(=O)OC(C)COc2cccc(F)c2)c(OC)c1. The number of methoxy groups -OCH3 is 2. The maximum atomic E-state index is 13.1. The summed E-state index contributed by atoms with van der Waals surface area (Å²) in [4.78, 5) is 12.2. The number of carbonyl (C=O) groups excluding carboxylic acids is 1. The van der Waals surface area contributed by atoms with Crippen molar-refractivity contribution in [2.24, 2.45) is 0 Å². The zero-order chi connectivity index (χ0) is 17.5. The van der Waals surface area contributed by atoms with Crippen molar-refractivity contribution in [1.29, 1.82) is 0 Å². The topological polar surface area (TPSA) is 54.0 Å². The van der Waals surface area contributed by atoms with Gasteiger partial charge in [-0.05, 0) is 31.2 Å². The number of rotatable bonds is 7. The summed E-state index contributed by atoms with van der Waals surface area (Å²) in [6.07, 6.45) is -0.521. The summed E-state index contributed by atoms with van der Waals surface area (Å²) in [5.74, 6) is 0.383. The third kappa shape index (κ3) is 4.62. The lowest BCUT2D eigenvalue weighted by Gasteiger charge is -2.16. The van der Waals surface area contributed by atoms with E-state index in [0.717, 1.165) is 0 Å². The van der Waals surface area contributed by atoms with Crippen LogP contribution in [-0.2, 0) is 4.74 Å².